The topological polar surface area (TPSA) is 33.1 Å². The first-order valence-electron chi connectivity index (χ1n) is 3.50. The molecule has 0 fully saturated rings. The van der Waals surface area contributed by atoms with Crippen LogP contribution in [-0.4, -0.2) is 10.1 Å². The fourth-order valence-electron chi connectivity index (χ4n) is 1.39. The van der Waals surface area contributed by atoms with Crippen molar-refractivity contribution in [2.45, 2.75) is 18.9 Å². The third-order valence-electron chi connectivity index (χ3n) is 1.94. The SMILES string of the molecule is O[C@H]1CCc2ncccc21. The van der Waals surface area contributed by atoms with Gasteiger partial charge in [0, 0.05) is 17.5 Å². The number of aliphatic hydroxyl groups excluding tert-OH is 1. The average Bonchev–Trinajstić information content (AvgIpc) is 2.34. The zero-order valence-electron chi connectivity index (χ0n) is 5.62. The number of hydrogen-bond acceptors (Lipinski definition) is 2. The molecule has 0 saturated heterocycles. The highest BCUT2D eigenvalue weighted by atomic mass is 16.3. The summed E-state index contributed by atoms with van der Waals surface area (Å²) < 4.78 is 0. The number of fused-ring (bicyclic) bond motifs is 1. The van der Waals surface area contributed by atoms with Crippen molar-refractivity contribution in [3.8, 4) is 0 Å². The number of aryl methyl sites for hydroxylation is 1. The van der Waals surface area contributed by atoms with Crippen molar-refractivity contribution < 1.29 is 5.11 Å². The monoisotopic (exact) mass is 135 g/mol. The molecule has 2 nitrogen and oxygen atoms in total. The van der Waals surface area contributed by atoms with Gasteiger partial charge in [0.25, 0.3) is 0 Å². The lowest BCUT2D eigenvalue weighted by atomic mass is 10.2. The number of aromatic nitrogens is 1. The lowest BCUT2D eigenvalue weighted by molar-refractivity contribution is 0.180. The lowest BCUT2D eigenvalue weighted by Gasteiger charge is -1.99. The van der Waals surface area contributed by atoms with E-state index in [2.05, 4.69) is 4.98 Å². The predicted octanol–water partition coefficient (Wildman–Crippen LogP) is 1.06. The number of nitrogens with zero attached hydrogens (tertiary/aromatic N) is 1. The second-order valence-corrected chi connectivity index (χ2v) is 2.59. The van der Waals surface area contributed by atoms with Crippen LogP contribution in [0.2, 0.25) is 0 Å². The van der Waals surface area contributed by atoms with Gasteiger partial charge in [0.1, 0.15) is 0 Å². The molecule has 0 radical (unpaired) electrons. The lowest BCUT2D eigenvalue weighted by Crippen LogP contribution is -1.90. The van der Waals surface area contributed by atoms with Gasteiger partial charge in [-0.2, -0.15) is 0 Å². The Kier molecular flexibility index (Phi) is 1.21. The molecule has 1 aromatic rings. The Labute approximate surface area is 59.5 Å². The molecule has 2 rings (SSSR count). The van der Waals surface area contributed by atoms with E-state index in [1.807, 2.05) is 12.1 Å². The Morgan fingerprint density at radius 2 is 2.50 bits per heavy atom. The summed E-state index contributed by atoms with van der Waals surface area (Å²) in [5.41, 5.74) is 2.08. The summed E-state index contributed by atoms with van der Waals surface area (Å²) in [7, 11) is 0. The minimum absolute atomic E-state index is 0.260. The van der Waals surface area contributed by atoms with Crippen LogP contribution in [0.4, 0.5) is 0 Å². The largest absolute Gasteiger partial charge is 0.388 e. The van der Waals surface area contributed by atoms with E-state index in [1.165, 1.54) is 0 Å². The third kappa shape index (κ3) is 0.727. The molecule has 52 valence electrons. The van der Waals surface area contributed by atoms with Gasteiger partial charge in [-0.05, 0) is 18.9 Å². The van der Waals surface area contributed by atoms with Crippen LogP contribution in [0.3, 0.4) is 0 Å². The van der Waals surface area contributed by atoms with E-state index in [-0.39, 0.29) is 6.10 Å². The Bertz CT molecular complexity index is 247. The molecule has 1 N–H and O–H groups in total. The van der Waals surface area contributed by atoms with Crippen LogP contribution in [0.5, 0.6) is 0 Å². The first-order valence-corrected chi connectivity index (χ1v) is 3.50. The molecule has 1 heterocycles. The molecule has 1 aliphatic carbocycles. The normalized spacial score (nSPS) is 22.7. The molecule has 1 aromatic heterocycles. The molecule has 0 aliphatic heterocycles. The van der Waals surface area contributed by atoms with E-state index >= 15 is 0 Å². The van der Waals surface area contributed by atoms with Crippen LogP contribution in [-0.2, 0) is 6.42 Å². The van der Waals surface area contributed by atoms with Crippen LogP contribution in [0, 0.1) is 0 Å². The molecular formula is C8H9NO. The number of rotatable bonds is 0. The molecule has 2 heteroatoms. The summed E-state index contributed by atoms with van der Waals surface area (Å²) in [4.78, 5) is 4.15. The molecule has 1 atom stereocenters. The number of hydrogen-bond donors (Lipinski definition) is 1. The standard InChI is InChI=1S/C8H9NO/c10-8-4-3-7-6(8)2-1-5-9-7/h1-2,5,8,10H,3-4H2/t8-/m0/s1. The van der Waals surface area contributed by atoms with E-state index in [4.69, 9.17) is 0 Å². The molecule has 0 amide bonds. The van der Waals surface area contributed by atoms with Gasteiger partial charge in [-0.1, -0.05) is 6.07 Å². The molecule has 0 unspecified atom stereocenters. The summed E-state index contributed by atoms with van der Waals surface area (Å²) in [6, 6.07) is 3.81. The molecule has 0 saturated carbocycles. The first kappa shape index (κ1) is 5.86. The zero-order valence-corrected chi connectivity index (χ0v) is 5.62. The van der Waals surface area contributed by atoms with Crippen molar-refractivity contribution in [3.63, 3.8) is 0 Å². The minimum atomic E-state index is -0.260. The first-order chi connectivity index (χ1) is 4.88. The van der Waals surface area contributed by atoms with Crippen LogP contribution in [0.25, 0.3) is 0 Å². The highest BCUT2D eigenvalue weighted by Crippen LogP contribution is 2.28. The quantitative estimate of drug-likeness (QED) is 0.577. The fraction of sp³-hybridized carbons (Fsp3) is 0.375. The predicted molar refractivity (Wildman–Crippen MR) is 37.5 cm³/mol. The average molecular weight is 135 g/mol. The Hall–Kier alpha value is -0.890. The maximum atomic E-state index is 9.34. The van der Waals surface area contributed by atoms with Gasteiger partial charge in [-0.25, -0.2) is 0 Å². The fourth-order valence-corrected chi connectivity index (χ4v) is 1.39. The maximum absolute atomic E-state index is 9.34. The van der Waals surface area contributed by atoms with Crippen LogP contribution in [0.15, 0.2) is 18.3 Å². The Balaban J connectivity index is 2.51. The smallest absolute Gasteiger partial charge is 0.0811 e. The highest BCUT2D eigenvalue weighted by molar-refractivity contribution is 5.26. The number of aliphatic hydroxyl groups is 1. The Morgan fingerprint density at radius 3 is 3.30 bits per heavy atom. The van der Waals surface area contributed by atoms with Gasteiger partial charge in [-0.15, -0.1) is 0 Å². The summed E-state index contributed by atoms with van der Waals surface area (Å²) in [5.74, 6) is 0. The summed E-state index contributed by atoms with van der Waals surface area (Å²) in [6.45, 7) is 0. The summed E-state index contributed by atoms with van der Waals surface area (Å²) in [5, 5.41) is 9.34. The maximum Gasteiger partial charge on any atom is 0.0811 e. The Morgan fingerprint density at radius 1 is 1.60 bits per heavy atom. The van der Waals surface area contributed by atoms with Gasteiger partial charge in [0.2, 0.25) is 0 Å². The van der Waals surface area contributed by atoms with Gasteiger partial charge < -0.3 is 5.11 Å². The van der Waals surface area contributed by atoms with E-state index < -0.39 is 0 Å². The van der Waals surface area contributed by atoms with Gasteiger partial charge in [0.15, 0.2) is 0 Å². The van der Waals surface area contributed by atoms with Crippen molar-refractivity contribution in [2.24, 2.45) is 0 Å². The van der Waals surface area contributed by atoms with Gasteiger partial charge in [-0.3, -0.25) is 4.98 Å². The van der Waals surface area contributed by atoms with E-state index in [9.17, 15) is 5.11 Å². The highest BCUT2D eigenvalue weighted by Gasteiger charge is 2.19. The second-order valence-electron chi connectivity index (χ2n) is 2.59. The summed E-state index contributed by atoms with van der Waals surface area (Å²) >= 11 is 0. The van der Waals surface area contributed by atoms with E-state index in [1.54, 1.807) is 6.20 Å². The van der Waals surface area contributed by atoms with Crippen LogP contribution < -0.4 is 0 Å². The van der Waals surface area contributed by atoms with Crippen molar-refractivity contribution >= 4 is 0 Å². The molecule has 0 bridgehead atoms. The minimum Gasteiger partial charge on any atom is -0.388 e. The summed E-state index contributed by atoms with van der Waals surface area (Å²) in [6.07, 6.45) is 3.28. The van der Waals surface area contributed by atoms with Crippen molar-refractivity contribution in [3.05, 3.63) is 29.6 Å². The third-order valence-corrected chi connectivity index (χ3v) is 1.94. The van der Waals surface area contributed by atoms with E-state index in [0.29, 0.717) is 0 Å². The van der Waals surface area contributed by atoms with Crippen LogP contribution >= 0.6 is 0 Å². The van der Waals surface area contributed by atoms with Crippen molar-refractivity contribution in [2.75, 3.05) is 0 Å². The van der Waals surface area contributed by atoms with E-state index in [0.717, 1.165) is 24.1 Å². The molecule has 1 aliphatic rings. The second kappa shape index (κ2) is 2.06. The number of pyridine rings is 1. The molecule has 10 heavy (non-hydrogen) atoms. The van der Waals surface area contributed by atoms with Crippen molar-refractivity contribution in [1.82, 2.24) is 4.98 Å². The van der Waals surface area contributed by atoms with Crippen molar-refractivity contribution in [1.29, 1.82) is 0 Å². The van der Waals surface area contributed by atoms with Crippen LogP contribution in [0.1, 0.15) is 23.8 Å². The van der Waals surface area contributed by atoms with Gasteiger partial charge >= 0.3 is 0 Å². The van der Waals surface area contributed by atoms with Gasteiger partial charge in [0.05, 0.1) is 6.10 Å². The molecule has 0 spiro atoms. The molecular weight excluding hydrogens is 126 g/mol. The zero-order chi connectivity index (χ0) is 6.97. The molecule has 0 aromatic carbocycles.